The molecule has 0 aliphatic rings. The third kappa shape index (κ3) is 46.7. The number of nitrogens with zero attached hydrogens (tertiary/aromatic N) is 2. The monoisotopic (exact) mass is 1050 g/mol. The van der Waals surface area contributed by atoms with E-state index in [0.717, 1.165) is 116 Å². The maximum Gasteiger partial charge on any atom is 0.306 e. The molecule has 16 heteroatoms. The fourth-order valence-corrected chi connectivity index (χ4v) is 7.79. The molecule has 16 nitrogen and oxygen atoms in total. The Bertz CT molecular complexity index is 1430. The molecule has 0 rings (SSSR count). The first kappa shape index (κ1) is 70.1. The second-order valence-electron chi connectivity index (χ2n) is 22.0. The number of esters is 4. The lowest BCUT2D eigenvalue weighted by Crippen LogP contribution is -2.40. The van der Waals surface area contributed by atoms with Gasteiger partial charge >= 0.3 is 23.9 Å². The zero-order chi connectivity index (χ0) is 55.3. The van der Waals surface area contributed by atoms with Crippen molar-refractivity contribution in [2.24, 2.45) is 0 Å². The highest BCUT2D eigenvalue weighted by molar-refractivity contribution is 5.77. The highest BCUT2D eigenvalue weighted by atomic mass is 16.6. The molecule has 0 heterocycles. The molecule has 0 aliphatic carbocycles. The Kier molecular flexibility index (Phi) is 43.0. The molecule has 0 bridgehead atoms. The van der Waals surface area contributed by atoms with Crippen LogP contribution in [-0.2, 0) is 47.7 Å². The van der Waals surface area contributed by atoms with E-state index in [1.807, 2.05) is 66.6 Å². The molecule has 0 aromatic carbocycles. The molecule has 2 amide bonds. The standard InChI is InChI=1S/C58H106N4O12/c1-9-11-25-35-51(73-57(69)41-31-39-55(67)71-47-45-61(3,4)5)49(63)33-27-21-17-13-15-19-23-29-37-53(65)59-43-44-60-54(66)38-30-24-20-16-14-18-22-28-34-50(64)52(36-26-12-10-2)74-58(70)42-32-40-56(68)72-48-46-62(6,7)8/h21-22,27-28,49-52H,9-20,23-26,29-48H2,1-8H3,(H,59,65)(H,60,66)/b27-21-,28-22+. The SMILES string of the molecule is CCCCCC(OC(=O)CCCC(=O)OCC[N+](C)(C)C)C([O-])C/C=C\CCCCCCCC(=O)NCCNC(=O)CCCCCCC/C=C/CC([O-])C(CCCCC)OC(=O)CCCC(=O)OCC[N+](C)(C)C. The van der Waals surface area contributed by atoms with Crippen LogP contribution in [0, 0.1) is 0 Å². The number of nitrogens with one attached hydrogen (secondary N) is 2. The third-order valence-electron chi connectivity index (χ3n) is 12.5. The average molecular weight is 1050 g/mol. The number of unbranched alkanes of at least 4 members (excludes halogenated alkanes) is 14. The highest BCUT2D eigenvalue weighted by Crippen LogP contribution is 2.17. The van der Waals surface area contributed by atoms with Gasteiger partial charge in [0, 0.05) is 51.6 Å². The van der Waals surface area contributed by atoms with Crippen LogP contribution < -0.4 is 20.8 Å². The van der Waals surface area contributed by atoms with E-state index in [1.54, 1.807) is 0 Å². The van der Waals surface area contributed by atoms with Crippen molar-refractivity contribution in [2.45, 2.75) is 231 Å². The van der Waals surface area contributed by atoms with Crippen molar-refractivity contribution in [2.75, 3.05) is 81.7 Å². The second-order valence-corrected chi connectivity index (χ2v) is 22.0. The molecule has 0 saturated heterocycles. The van der Waals surface area contributed by atoms with Gasteiger partial charge in [0.2, 0.25) is 11.8 Å². The molecule has 0 fully saturated rings. The van der Waals surface area contributed by atoms with Crippen LogP contribution in [-0.4, -0.2) is 151 Å². The van der Waals surface area contributed by atoms with Gasteiger partial charge in [0.15, 0.2) is 0 Å². The summed E-state index contributed by atoms with van der Waals surface area (Å²) in [5.74, 6) is -1.56. The summed E-state index contributed by atoms with van der Waals surface area (Å²) in [6.07, 6.45) is 25.1. The number of quaternary nitrogens is 2. The van der Waals surface area contributed by atoms with E-state index in [4.69, 9.17) is 18.9 Å². The first-order chi connectivity index (χ1) is 35.3. The summed E-state index contributed by atoms with van der Waals surface area (Å²) in [6, 6.07) is 0. The molecule has 0 spiro atoms. The Hall–Kier alpha value is -3.86. The molecule has 74 heavy (non-hydrogen) atoms. The van der Waals surface area contributed by atoms with Gasteiger partial charge in [0.1, 0.15) is 26.3 Å². The number of ether oxygens (including phenoxy) is 4. The van der Waals surface area contributed by atoms with Gasteiger partial charge < -0.3 is 48.8 Å². The topological polar surface area (TPSA) is 210 Å². The van der Waals surface area contributed by atoms with Gasteiger partial charge in [0.25, 0.3) is 0 Å². The minimum Gasteiger partial charge on any atom is -0.849 e. The quantitative estimate of drug-likeness (QED) is 0.0196. The van der Waals surface area contributed by atoms with E-state index in [1.165, 1.54) is 0 Å². The molecule has 0 aromatic heterocycles. The van der Waals surface area contributed by atoms with E-state index in [9.17, 15) is 39.0 Å². The minimum atomic E-state index is -1.04. The largest absolute Gasteiger partial charge is 0.849 e. The van der Waals surface area contributed by atoms with Gasteiger partial charge in [-0.3, -0.25) is 28.8 Å². The number of carbonyl (C=O) groups excluding carboxylic acids is 6. The highest BCUT2D eigenvalue weighted by Gasteiger charge is 2.19. The number of allylic oxidation sites excluding steroid dienone is 2. The maximum atomic E-state index is 13.0. The first-order valence-electron chi connectivity index (χ1n) is 28.7. The van der Waals surface area contributed by atoms with Gasteiger partial charge in [-0.25, -0.2) is 0 Å². The van der Waals surface area contributed by atoms with Crippen molar-refractivity contribution < 1.29 is 66.9 Å². The van der Waals surface area contributed by atoms with Crippen molar-refractivity contribution in [3.63, 3.8) is 0 Å². The molecule has 4 unspecified atom stereocenters. The minimum absolute atomic E-state index is 0.00964. The van der Waals surface area contributed by atoms with E-state index < -0.39 is 36.4 Å². The average Bonchev–Trinajstić information content (AvgIpc) is 3.32. The van der Waals surface area contributed by atoms with Gasteiger partial charge in [0.05, 0.1) is 54.5 Å². The Morgan fingerprint density at radius 3 is 1.15 bits per heavy atom. The summed E-state index contributed by atoms with van der Waals surface area (Å²) in [6.45, 7) is 7.07. The van der Waals surface area contributed by atoms with Crippen LogP contribution in [0.2, 0.25) is 0 Å². The fourth-order valence-electron chi connectivity index (χ4n) is 7.79. The number of carbonyl (C=O) groups is 6. The predicted octanol–water partition coefficient (Wildman–Crippen LogP) is 7.85. The Balaban J connectivity index is 4.08. The van der Waals surface area contributed by atoms with Crippen molar-refractivity contribution in [1.82, 2.24) is 10.6 Å². The second kappa shape index (κ2) is 45.3. The van der Waals surface area contributed by atoms with Gasteiger partial charge in [-0.05, 0) is 89.9 Å². The lowest BCUT2D eigenvalue weighted by molar-refractivity contribution is -0.870. The summed E-state index contributed by atoms with van der Waals surface area (Å²) in [4.78, 5) is 73.6. The van der Waals surface area contributed by atoms with Gasteiger partial charge in [-0.2, -0.15) is 0 Å². The van der Waals surface area contributed by atoms with Gasteiger partial charge in [-0.1, -0.05) is 115 Å². The Morgan fingerprint density at radius 2 is 0.784 bits per heavy atom. The van der Waals surface area contributed by atoms with Crippen LogP contribution in [0.3, 0.4) is 0 Å². The molecule has 0 radical (unpaired) electrons. The normalized spacial score (nSPS) is 13.6. The molecule has 2 N–H and O–H groups in total. The molecular weight excluding hydrogens is 945 g/mol. The molecule has 0 aliphatic heterocycles. The van der Waals surface area contributed by atoms with E-state index in [-0.39, 0.29) is 49.4 Å². The molecule has 0 aromatic rings. The van der Waals surface area contributed by atoms with Gasteiger partial charge in [-0.15, -0.1) is 0 Å². The van der Waals surface area contributed by atoms with Crippen molar-refractivity contribution in [3.8, 4) is 0 Å². The van der Waals surface area contributed by atoms with Crippen LogP contribution in [0.15, 0.2) is 24.3 Å². The van der Waals surface area contributed by atoms with E-state index in [0.29, 0.717) is 99.7 Å². The lowest BCUT2D eigenvalue weighted by atomic mass is 10.0. The van der Waals surface area contributed by atoms with Crippen molar-refractivity contribution in [3.05, 3.63) is 24.3 Å². The third-order valence-corrected chi connectivity index (χ3v) is 12.5. The maximum absolute atomic E-state index is 13.0. The zero-order valence-corrected chi connectivity index (χ0v) is 47.9. The summed E-state index contributed by atoms with van der Waals surface area (Å²) in [5.41, 5.74) is 0. The van der Waals surface area contributed by atoms with Crippen molar-refractivity contribution >= 4 is 35.7 Å². The number of likely N-dealkylation sites (N-methyl/N-ethyl adjacent to an activating group) is 2. The van der Waals surface area contributed by atoms with Crippen LogP contribution in [0.4, 0.5) is 0 Å². The fraction of sp³-hybridized carbons (Fsp3) is 0.828. The smallest absolute Gasteiger partial charge is 0.306 e. The van der Waals surface area contributed by atoms with Crippen LogP contribution in [0.5, 0.6) is 0 Å². The Labute approximate surface area is 448 Å². The molecule has 430 valence electrons. The summed E-state index contributed by atoms with van der Waals surface area (Å²) >= 11 is 0. The first-order valence-corrected chi connectivity index (χ1v) is 28.7. The summed E-state index contributed by atoms with van der Waals surface area (Å²) < 4.78 is 23.1. The van der Waals surface area contributed by atoms with E-state index >= 15 is 0 Å². The Morgan fingerprint density at radius 1 is 0.432 bits per heavy atom. The molecule has 0 saturated carbocycles. The lowest BCUT2D eigenvalue weighted by Gasteiger charge is -2.31. The number of hydrogen-bond donors (Lipinski definition) is 2. The molecular formula is C58H106N4O12. The van der Waals surface area contributed by atoms with Crippen LogP contribution in [0.25, 0.3) is 0 Å². The predicted molar refractivity (Wildman–Crippen MR) is 289 cm³/mol. The zero-order valence-electron chi connectivity index (χ0n) is 47.9. The molecule has 4 atom stereocenters. The summed E-state index contributed by atoms with van der Waals surface area (Å²) in [7, 11) is 12.1. The van der Waals surface area contributed by atoms with Crippen LogP contribution >= 0.6 is 0 Å². The van der Waals surface area contributed by atoms with E-state index in [2.05, 4.69) is 24.5 Å². The number of amides is 2. The summed E-state index contributed by atoms with van der Waals surface area (Å²) in [5, 5.41) is 31.8. The number of hydrogen-bond acceptors (Lipinski definition) is 12. The number of rotatable bonds is 49. The van der Waals surface area contributed by atoms with Crippen LogP contribution in [0.1, 0.15) is 206 Å². The van der Waals surface area contributed by atoms with Crippen molar-refractivity contribution in [1.29, 1.82) is 0 Å².